The lowest BCUT2D eigenvalue weighted by Crippen LogP contribution is -2.26. The maximum absolute atomic E-state index is 13.7. The number of aromatic nitrogens is 4. The van der Waals surface area contributed by atoms with Crippen molar-refractivity contribution in [3.63, 3.8) is 0 Å². The molecule has 432 valence electrons. The van der Waals surface area contributed by atoms with Crippen LogP contribution in [0.15, 0.2) is 112 Å². The van der Waals surface area contributed by atoms with Gasteiger partial charge in [-0.1, -0.05) is 117 Å². The van der Waals surface area contributed by atoms with Gasteiger partial charge in [-0.15, -0.1) is 56.2 Å². The molecule has 0 saturated heterocycles. The van der Waals surface area contributed by atoms with Gasteiger partial charge in [0.2, 0.25) is 0 Å². The summed E-state index contributed by atoms with van der Waals surface area (Å²) in [6.07, 6.45) is 5.05. The molecule has 0 radical (unpaired) electrons. The Bertz CT molecular complexity index is 5500. The standard InChI is InChI=1S/C68H67B19N6S/c1-21-9-4-5-11-25(21)24-10-8-13-32-26(16-15-24)28-17-18-29-27-12-6-7-14-33(27)94-68(29)62(28)91(32)59-30(19-88)58(90-23(3)34(41(71)40(70)22(2)69)35-42(72)48(78)53(83)63(35)90)60(92-64-38(45(75)50(80)54(64)84)39-46(76)51(81)55(85)65(39)92)31(20-89)61(59)93-66-37(44(74)49(79)56(66)86)36-43(73)47(77)52(82)57(87)67(36)93/h4-7,9,11-12,14-18,24,52-57H,2,13,69-87H2,1,3H3/b16-15-,41-40-. The summed E-state index contributed by atoms with van der Waals surface area (Å²) in [7, 11) is 44.0. The summed E-state index contributed by atoms with van der Waals surface area (Å²) in [5.41, 5.74) is 40.5. The van der Waals surface area contributed by atoms with E-state index < -0.39 is 0 Å². The minimum absolute atomic E-state index is 0.00686. The molecule has 94 heavy (non-hydrogen) atoms. The van der Waals surface area contributed by atoms with Gasteiger partial charge < -0.3 is 18.3 Å². The summed E-state index contributed by atoms with van der Waals surface area (Å²) >= 11 is 1.82. The molecule has 26 heteroatoms. The second kappa shape index (κ2) is 21.9. The van der Waals surface area contributed by atoms with Gasteiger partial charge in [-0.3, -0.25) is 0 Å². The number of benzene rings is 4. The summed E-state index contributed by atoms with van der Waals surface area (Å²) in [6.45, 7) is 9.01. The Morgan fingerprint density at radius 2 is 1.01 bits per heavy atom. The molecule has 7 atom stereocenters. The van der Waals surface area contributed by atoms with Gasteiger partial charge in [0.1, 0.15) is 172 Å². The molecule has 0 spiro atoms. The molecule has 0 saturated carbocycles. The van der Waals surface area contributed by atoms with E-state index in [1.54, 1.807) is 0 Å². The number of aryl methyl sites for hydroxylation is 1. The topological polar surface area (TPSA) is 67.3 Å². The van der Waals surface area contributed by atoms with Crippen LogP contribution in [0.5, 0.6) is 0 Å². The molecule has 4 aromatic carbocycles. The van der Waals surface area contributed by atoms with Crippen molar-refractivity contribution in [1.29, 1.82) is 10.5 Å². The van der Waals surface area contributed by atoms with Crippen molar-refractivity contribution < 1.29 is 0 Å². The quantitative estimate of drug-likeness (QED) is 0.0956. The average Bonchev–Trinajstić information content (AvgIpc) is 1.45. The fourth-order valence-electron chi connectivity index (χ4n) is 18.3. The number of nitriles is 2. The highest BCUT2D eigenvalue weighted by atomic mass is 32.1. The highest BCUT2D eigenvalue weighted by molar-refractivity contribution is 7.26. The first-order valence-electron chi connectivity index (χ1n) is 34.1. The molecular formula is C68H67B19N6S. The molecule has 15 rings (SSSR count). The van der Waals surface area contributed by atoms with Crippen LogP contribution in [0.4, 0.5) is 0 Å². The normalized spacial score (nSPS) is 21.6. The molecule has 7 unspecified atom stereocenters. The van der Waals surface area contributed by atoms with E-state index in [1.165, 1.54) is 127 Å². The van der Waals surface area contributed by atoms with Crippen molar-refractivity contribution in [2.45, 2.75) is 61.1 Å². The summed E-state index contributed by atoms with van der Waals surface area (Å²) in [5.74, 6) is 7.71. The van der Waals surface area contributed by atoms with E-state index in [0.29, 0.717) is 17.5 Å². The summed E-state index contributed by atoms with van der Waals surface area (Å²) in [6, 6.07) is 28.6. The maximum Gasteiger partial charge on any atom is 0.139 e. The van der Waals surface area contributed by atoms with E-state index in [2.05, 4.69) is 285 Å². The fourth-order valence-corrected chi connectivity index (χ4v) is 19.6. The maximum atomic E-state index is 13.7. The van der Waals surface area contributed by atoms with Crippen LogP contribution >= 0.6 is 11.3 Å². The Labute approximate surface area is 575 Å². The molecule has 0 amide bonds. The van der Waals surface area contributed by atoms with Crippen LogP contribution in [-0.4, -0.2) is 167 Å². The molecular weight excluding hydrogens is 1140 g/mol. The number of nitrogens with zero attached hydrogens (tertiary/aromatic N) is 6. The second-order valence-corrected chi connectivity index (χ2v) is 30.0. The predicted molar refractivity (Wildman–Crippen MR) is 453 cm³/mol. The lowest BCUT2D eigenvalue weighted by Gasteiger charge is -2.35. The van der Waals surface area contributed by atoms with Crippen LogP contribution in [0.25, 0.3) is 92.7 Å². The summed E-state index contributed by atoms with van der Waals surface area (Å²) in [4.78, 5) is 0. The number of hydrogen-bond acceptors (Lipinski definition) is 3. The Hall–Kier alpha value is -7.83. The molecule has 0 aliphatic heterocycles. The van der Waals surface area contributed by atoms with Crippen molar-refractivity contribution >= 4 is 230 Å². The molecule has 0 bridgehead atoms. The van der Waals surface area contributed by atoms with Crippen molar-refractivity contribution in [3.8, 4) is 46.7 Å². The highest BCUT2D eigenvalue weighted by Gasteiger charge is 2.47. The molecule has 6 nitrogen and oxygen atoms in total. The van der Waals surface area contributed by atoms with E-state index in [-0.39, 0.29) is 40.8 Å². The molecule has 0 fully saturated rings. The molecule has 0 N–H and O–H groups in total. The van der Waals surface area contributed by atoms with Gasteiger partial charge in [-0.25, -0.2) is 0 Å². The second-order valence-electron chi connectivity index (χ2n) is 29.0. The highest BCUT2D eigenvalue weighted by Crippen LogP contribution is 2.59. The lowest BCUT2D eigenvalue weighted by molar-refractivity contribution is 0.794. The minimum atomic E-state index is -0.139. The van der Waals surface area contributed by atoms with Crippen molar-refractivity contribution in [2.24, 2.45) is 0 Å². The van der Waals surface area contributed by atoms with Gasteiger partial charge in [0, 0.05) is 66.3 Å². The Kier molecular flexibility index (Phi) is 14.5. The first kappa shape index (κ1) is 62.3. The minimum Gasteiger partial charge on any atom is -0.314 e. The van der Waals surface area contributed by atoms with E-state index in [9.17, 15) is 10.5 Å². The van der Waals surface area contributed by atoms with Crippen molar-refractivity contribution in [2.75, 3.05) is 0 Å². The van der Waals surface area contributed by atoms with Gasteiger partial charge in [0.15, 0.2) is 0 Å². The molecule has 5 aromatic heterocycles. The van der Waals surface area contributed by atoms with Crippen molar-refractivity contribution in [3.05, 3.63) is 213 Å². The Morgan fingerprint density at radius 3 is 1.56 bits per heavy atom. The summed E-state index contributed by atoms with van der Waals surface area (Å²) in [5, 5.41) is 30.7. The number of thiophene rings is 1. The smallest absolute Gasteiger partial charge is 0.139 e. The van der Waals surface area contributed by atoms with Gasteiger partial charge >= 0.3 is 0 Å². The number of fused-ring (bicyclic) bond motifs is 14. The van der Waals surface area contributed by atoms with E-state index in [4.69, 9.17) is 0 Å². The van der Waals surface area contributed by atoms with E-state index in [0.717, 1.165) is 88.4 Å². The van der Waals surface area contributed by atoms with Crippen LogP contribution in [0.1, 0.15) is 136 Å². The SMILES string of the molecule is BC(=C)/C(B)=C(/B)c1c2c(n(-c3c(C#N)c(-n4c5c(c6ccc7c8ccccc8sc7c64)/C=C\C(c4ccccc4C)C#CC5)c(-n4c5c(c6c4C(B)C(B)C(B)=C6B)C(B)=C(B)C5B)c(C#N)c3-n3c4c(c5c3C(B)C(B)=C5B)C(B)=C(B)C4B)c1C)C(B)C(B)=C2B. The molecule has 5 heterocycles. The predicted octanol–water partition coefficient (Wildman–Crippen LogP) is -3.30. The van der Waals surface area contributed by atoms with Crippen LogP contribution < -0.4 is 0 Å². The van der Waals surface area contributed by atoms with Crippen LogP contribution in [0, 0.1) is 48.4 Å². The number of allylic oxidation sites excluding steroid dienone is 8. The summed E-state index contributed by atoms with van der Waals surface area (Å²) < 4.78 is 12.5. The molecule has 6 aliphatic rings. The van der Waals surface area contributed by atoms with Crippen molar-refractivity contribution in [1.82, 2.24) is 18.3 Å². The van der Waals surface area contributed by atoms with Crippen LogP contribution in [-0.2, 0) is 6.42 Å². The third-order valence-corrected chi connectivity index (χ3v) is 26.3. The molecule has 6 aliphatic carbocycles. The lowest BCUT2D eigenvalue weighted by atomic mass is 9.51. The largest absolute Gasteiger partial charge is 0.314 e. The third kappa shape index (κ3) is 7.98. The average molecular weight is 1210 g/mol. The zero-order chi connectivity index (χ0) is 66.8. The first-order valence-corrected chi connectivity index (χ1v) is 34.9. The van der Waals surface area contributed by atoms with Gasteiger partial charge in [-0.05, 0) is 93.5 Å². The zero-order valence-electron chi connectivity index (χ0n) is 59.0. The van der Waals surface area contributed by atoms with Crippen LogP contribution in [0.3, 0.4) is 0 Å². The van der Waals surface area contributed by atoms with E-state index >= 15 is 0 Å². The van der Waals surface area contributed by atoms with Gasteiger partial charge in [-0.2, -0.15) is 10.5 Å². The zero-order valence-corrected chi connectivity index (χ0v) is 59.8. The Balaban J connectivity index is 1.26. The number of hydrogen-bond donors (Lipinski definition) is 0. The van der Waals surface area contributed by atoms with E-state index in [1.807, 2.05) is 11.3 Å². The monoisotopic (exact) mass is 1210 g/mol. The van der Waals surface area contributed by atoms with Gasteiger partial charge in [0.25, 0.3) is 0 Å². The van der Waals surface area contributed by atoms with Crippen LogP contribution in [0.2, 0.25) is 5.82 Å². The molecule has 9 aromatic rings. The number of rotatable bonds is 7. The van der Waals surface area contributed by atoms with Gasteiger partial charge in [0.05, 0.1) is 45.3 Å². The third-order valence-electron chi connectivity index (χ3n) is 25.1. The first-order chi connectivity index (χ1) is 44.8. The fraction of sp³-hybridized carbons (Fsp3) is 0.147. The Morgan fingerprint density at radius 1 is 0.543 bits per heavy atom.